The van der Waals surface area contributed by atoms with Crippen molar-refractivity contribution in [2.75, 3.05) is 0 Å². The Morgan fingerprint density at radius 1 is 1.24 bits per heavy atom. The zero-order valence-corrected chi connectivity index (χ0v) is 10.1. The average Bonchev–Trinajstić information content (AvgIpc) is 2.57. The highest BCUT2D eigenvalue weighted by Crippen LogP contribution is 2.27. The zero-order valence-electron chi connectivity index (χ0n) is 10.1. The standard InChI is InChI=1S/C13H14N2O2/c1-9-13(10(2)15(3)14-9)17-12-6-4-11(8-16)5-7-12/h4-8H,1-3H3. The van der Waals surface area contributed by atoms with Crippen LogP contribution in [0.3, 0.4) is 0 Å². The minimum Gasteiger partial charge on any atom is -0.453 e. The van der Waals surface area contributed by atoms with Gasteiger partial charge in [0.25, 0.3) is 0 Å². The molecule has 0 unspecified atom stereocenters. The van der Waals surface area contributed by atoms with Crippen LogP contribution in [0, 0.1) is 13.8 Å². The molecule has 88 valence electrons. The highest BCUT2D eigenvalue weighted by Gasteiger charge is 2.11. The maximum absolute atomic E-state index is 10.5. The number of benzene rings is 1. The summed E-state index contributed by atoms with van der Waals surface area (Å²) >= 11 is 0. The van der Waals surface area contributed by atoms with Crippen LogP contribution < -0.4 is 4.74 Å². The van der Waals surface area contributed by atoms with Crippen molar-refractivity contribution in [1.29, 1.82) is 0 Å². The molecule has 0 aliphatic carbocycles. The monoisotopic (exact) mass is 230 g/mol. The Hall–Kier alpha value is -2.10. The smallest absolute Gasteiger partial charge is 0.171 e. The van der Waals surface area contributed by atoms with E-state index in [2.05, 4.69) is 5.10 Å². The predicted molar refractivity (Wildman–Crippen MR) is 64.6 cm³/mol. The molecule has 0 bridgehead atoms. The van der Waals surface area contributed by atoms with E-state index in [-0.39, 0.29) is 0 Å². The van der Waals surface area contributed by atoms with Crippen LogP contribution >= 0.6 is 0 Å². The van der Waals surface area contributed by atoms with Gasteiger partial charge in [-0.05, 0) is 38.1 Å². The third kappa shape index (κ3) is 2.20. The van der Waals surface area contributed by atoms with Gasteiger partial charge < -0.3 is 4.74 Å². The lowest BCUT2D eigenvalue weighted by molar-refractivity contribution is 0.112. The maximum atomic E-state index is 10.5. The van der Waals surface area contributed by atoms with Gasteiger partial charge >= 0.3 is 0 Å². The van der Waals surface area contributed by atoms with Crippen LogP contribution in [-0.2, 0) is 7.05 Å². The summed E-state index contributed by atoms with van der Waals surface area (Å²) in [6.45, 7) is 3.86. The molecule has 1 aromatic carbocycles. The highest BCUT2D eigenvalue weighted by atomic mass is 16.5. The van der Waals surface area contributed by atoms with E-state index in [0.29, 0.717) is 11.3 Å². The maximum Gasteiger partial charge on any atom is 0.171 e. The van der Waals surface area contributed by atoms with Crippen LogP contribution in [0.4, 0.5) is 0 Å². The van der Waals surface area contributed by atoms with Gasteiger partial charge in [-0.1, -0.05) is 0 Å². The molecule has 0 saturated carbocycles. The van der Waals surface area contributed by atoms with Gasteiger partial charge in [-0.15, -0.1) is 0 Å². The summed E-state index contributed by atoms with van der Waals surface area (Å²) in [4.78, 5) is 10.5. The van der Waals surface area contributed by atoms with Crippen LogP contribution in [0.15, 0.2) is 24.3 Å². The lowest BCUT2D eigenvalue weighted by Crippen LogP contribution is -1.93. The third-order valence-corrected chi connectivity index (χ3v) is 2.68. The van der Waals surface area contributed by atoms with Gasteiger partial charge in [0.1, 0.15) is 17.7 Å². The van der Waals surface area contributed by atoms with E-state index >= 15 is 0 Å². The molecule has 1 aromatic heterocycles. The molecule has 0 spiro atoms. The average molecular weight is 230 g/mol. The van der Waals surface area contributed by atoms with E-state index in [9.17, 15) is 4.79 Å². The molecule has 1 heterocycles. The summed E-state index contributed by atoms with van der Waals surface area (Å²) in [5.41, 5.74) is 2.46. The molecular formula is C13H14N2O2. The summed E-state index contributed by atoms with van der Waals surface area (Å²) in [6, 6.07) is 7.00. The first kappa shape index (κ1) is 11.4. The van der Waals surface area contributed by atoms with Crippen LogP contribution in [0.2, 0.25) is 0 Å². The second-order valence-electron chi connectivity index (χ2n) is 3.91. The lowest BCUT2D eigenvalue weighted by Gasteiger charge is -2.05. The number of hydrogen-bond acceptors (Lipinski definition) is 3. The molecule has 0 fully saturated rings. The van der Waals surface area contributed by atoms with Crippen molar-refractivity contribution in [3.8, 4) is 11.5 Å². The predicted octanol–water partition coefficient (Wildman–Crippen LogP) is 2.64. The van der Waals surface area contributed by atoms with E-state index in [4.69, 9.17) is 4.74 Å². The molecule has 4 heteroatoms. The van der Waals surface area contributed by atoms with Gasteiger partial charge in [0.15, 0.2) is 5.75 Å². The van der Waals surface area contributed by atoms with Gasteiger partial charge in [0.05, 0.1) is 5.69 Å². The van der Waals surface area contributed by atoms with Crippen molar-refractivity contribution in [3.05, 3.63) is 41.2 Å². The van der Waals surface area contributed by atoms with Crippen LogP contribution in [0.5, 0.6) is 11.5 Å². The summed E-state index contributed by atoms with van der Waals surface area (Å²) in [7, 11) is 1.88. The lowest BCUT2D eigenvalue weighted by atomic mass is 10.2. The van der Waals surface area contributed by atoms with Gasteiger partial charge in [0.2, 0.25) is 0 Å². The molecule has 4 nitrogen and oxygen atoms in total. The summed E-state index contributed by atoms with van der Waals surface area (Å²) in [5, 5.41) is 4.28. The first-order chi connectivity index (χ1) is 8.11. The molecule has 2 rings (SSSR count). The molecule has 0 atom stereocenters. The Morgan fingerprint density at radius 3 is 2.35 bits per heavy atom. The quantitative estimate of drug-likeness (QED) is 0.761. The molecule has 0 aliphatic heterocycles. The van der Waals surface area contributed by atoms with Crippen molar-refractivity contribution in [1.82, 2.24) is 9.78 Å². The fraction of sp³-hybridized carbons (Fsp3) is 0.231. The van der Waals surface area contributed by atoms with Crippen molar-refractivity contribution in [2.24, 2.45) is 7.05 Å². The largest absolute Gasteiger partial charge is 0.453 e. The van der Waals surface area contributed by atoms with Crippen molar-refractivity contribution < 1.29 is 9.53 Å². The van der Waals surface area contributed by atoms with Crippen LogP contribution in [0.25, 0.3) is 0 Å². The molecule has 0 aliphatic rings. The van der Waals surface area contributed by atoms with E-state index in [1.807, 2.05) is 20.9 Å². The number of aromatic nitrogens is 2. The second-order valence-corrected chi connectivity index (χ2v) is 3.91. The molecule has 0 radical (unpaired) electrons. The Bertz CT molecular complexity index is 541. The van der Waals surface area contributed by atoms with Gasteiger partial charge in [0, 0.05) is 12.6 Å². The van der Waals surface area contributed by atoms with E-state index in [0.717, 1.165) is 23.4 Å². The van der Waals surface area contributed by atoms with Crippen LogP contribution in [0.1, 0.15) is 21.7 Å². The fourth-order valence-corrected chi connectivity index (χ4v) is 1.63. The second kappa shape index (κ2) is 4.41. The van der Waals surface area contributed by atoms with E-state index in [1.54, 1.807) is 28.9 Å². The molecule has 17 heavy (non-hydrogen) atoms. The minimum atomic E-state index is 0.636. The van der Waals surface area contributed by atoms with E-state index in [1.165, 1.54) is 0 Å². The number of aldehydes is 1. The van der Waals surface area contributed by atoms with Gasteiger partial charge in [-0.25, -0.2) is 0 Å². The first-order valence-electron chi connectivity index (χ1n) is 5.35. The number of rotatable bonds is 3. The Balaban J connectivity index is 2.28. The summed E-state index contributed by atoms with van der Waals surface area (Å²) < 4.78 is 7.54. The summed E-state index contributed by atoms with van der Waals surface area (Å²) in [6.07, 6.45) is 0.810. The zero-order chi connectivity index (χ0) is 12.4. The van der Waals surface area contributed by atoms with Crippen LogP contribution in [-0.4, -0.2) is 16.1 Å². The fourth-order valence-electron chi connectivity index (χ4n) is 1.63. The normalized spacial score (nSPS) is 10.3. The Kier molecular flexibility index (Phi) is 2.95. The summed E-state index contributed by atoms with van der Waals surface area (Å²) in [5.74, 6) is 1.47. The number of carbonyl (C=O) groups is 1. The number of ether oxygens (including phenoxy) is 1. The number of carbonyl (C=O) groups excluding carboxylic acids is 1. The van der Waals surface area contributed by atoms with Crippen molar-refractivity contribution in [2.45, 2.75) is 13.8 Å². The SMILES string of the molecule is Cc1nn(C)c(C)c1Oc1ccc(C=O)cc1. The van der Waals surface area contributed by atoms with Crippen molar-refractivity contribution >= 4 is 6.29 Å². The molecule has 0 saturated heterocycles. The minimum absolute atomic E-state index is 0.636. The van der Waals surface area contributed by atoms with Gasteiger partial charge in [-0.2, -0.15) is 5.10 Å². The van der Waals surface area contributed by atoms with Gasteiger partial charge in [-0.3, -0.25) is 9.48 Å². The molecule has 0 N–H and O–H groups in total. The highest BCUT2D eigenvalue weighted by molar-refractivity contribution is 5.74. The first-order valence-corrected chi connectivity index (χ1v) is 5.35. The number of aryl methyl sites for hydroxylation is 2. The number of hydrogen-bond donors (Lipinski definition) is 0. The Labute approximate surface area is 99.8 Å². The van der Waals surface area contributed by atoms with Crippen molar-refractivity contribution in [3.63, 3.8) is 0 Å². The molecule has 0 amide bonds. The molecular weight excluding hydrogens is 216 g/mol. The topological polar surface area (TPSA) is 44.1 Å². The Morgan fingerprint density at radius 2 is 1.88 bits per heavy atom. The number of nitrogens with zero attached hydrogens (tertiary/aromatic N) is 2. The van der Waals surface area contributed by atoms with E-state index < -0.39 is 0 Å². The third-order valence-electron chi connectivity index (χ3n) is 2.68. The molecule has 2 aromatic rings.